The standard InChI is InChI=1S/C10H9F4NO6S2/c1-22(17,18)15-9(16)8(11)6-2-4-7(5-3-6)21-23(19,20)10(12,13)14/h2-5,8H,1H3,(H,15,16). The number of amides is 1. The highest BCUT2D eigenvalue weighted by atomic mass is 32.2. The normalized spacial score (nSPS) is 14.1. The van der Waals surface area contributed by atoms with Crippen molar-refractivity contribution in [2.24, 2.45) is 0 Å². The number of benzene rings is 1. The molecule has 1 unspecified atom stereocenters. The highest BCUT2D eigenvalue weighted by Crippen LogP contribution is 2.28. The molecule has 0 bridgehead atoms. The molecule has 0 saturated heterocycles. The van der Waals surface area contributed by atoms with Gasteiger partial charge in [-0.1, -0.05) is 12.1 Å². The molecular formula is C10H9F4NO6S2. The first-order chi connectivity index (χ1) is 10.2. The van der Waals surface area contributed by atoms with Crippen LogP contribution in [0.15, 0.2) is 24.3 Å². The molecule has 13 heteroatoms. The number of carbonyl (C=O) groups excluding carboxylic acids is 1. The van der Waals surface area contributed by atoms with Gasteiger partial charge in [-0.05, 0) is 17.7 Å². The van der Waals surface area contributed by atoms with Gasteiger partial charge >= 0.3 is 15.6 Å². The molecule has 130 valence electrons. The molecule has 1 atom stereocenters. The molecule has 0 heterocycles. The van der Waals surface area contributed by atoms with Crippen molar-refractivity contribution in [1.29, 1.82) is 0 Å². The van der Waals surface area contributed by atoms with E-state index >= 15 is 0 Å². The fourth-order valence-corrected chi connectivity index (χ4v) is 2.18. The molecule has 0 spiro atoms. The van der Waals surface area contributed by atoms with Crippen LogP contribution in [-0.2, 0) is 24.9 Å². The number of nitrogens with one attached hydrogen (secondary N) is 1. The molecule has 7 nitrogen and oxygen atoms in total. The Morgan fingerprint density at radius 2 is 1.61 bits per heavy atom. The first-order valence-electron chi connectivity index (χ1n) is 5.49. The number of alkyl halides is 4. The van der Waals surface area contributed by atoms with E-state index in [0.29, 0.717) is 18.4 Å². The summed E-state index contributed by atoms with van der Waals surface area (Å²) >= 11 is 0. The van der Waals surface area contributed by atoms with Crippen LogP contribution in [0, 0.1) is 0 Å². The highest BCUT2D eigenvalue weighted by molar-refractivity contribution is 7.89. The van der Waals surface area contributed by atoms with Crippen LogP contribution in [0.25, 0.3) is 0 Å². The van der Waals surface area contributed by atoms with Crippen LogP contribution in [-0.4, -0.2) is 34.5 Å². The lowest BCUT2D eigenvalue weighted by Crippen LogP contribution is -2.32. The van der Waals surface area contributed by atoms with E-state index in [2.05, 4.69) is 4.18 Å². The van der Waals surface area contributed by atoms with Crippen molar-refractivity contribution in [2.75, 3.05) is 6.26 Å². The maximum absolute atomic E-state index is 13.7. The zero-order valence-electron chi connectivity index (χ0n) is 11.2. The minimum atomic E-state index is -5.88. The second-order valence-electron chi connectivity index (χ2n) is 4.15. The summed E-state index contributed by atoms with van der Waals surface area (Å²) in [6.45, 7) is 0. The van der Waals surface area contributed by atoms with Gasteiger partial charge in [0.1, 0.15) is 5.75 Å². The molecule has 0 aliphatic carbocycles. The molecule has 0 saturated carbocycles. The lowest BCUT2D eigenvalue weighted by atomic mass is 10.1. The predicted octanol–water partition coefficient (Wildman–Crippen LogP) is 1.00. The Labute approximate surface area is 128 Å². The molecule has 0 aliphatic rings. The van der Waals surface area contributed by atoms with Gasteiger partial charge in [-0.3, -0.25) is 9.52 Å². The van der Waals surface area contributed by atoms with Crippen LogP contribution < -0.4 is 8.91 Å². The van der Waals surface area contributed by atoms with Crippen molar-refractivity contribution in [3.05, 3.63) is 29.8 Å². The van der Waals surface area contributed by atoms with Crippen molar-refractivity contribution < 1.29 is 43.4 Å². The SMILES string of the molecule is CS(=O)(=O)NC(=O)C(F)c1ccc(OS(=O)(=O)C(F)(F)F)cc1. The molecule has 0 radical (unpaired) electrons. The quantitative estimate of drug-likeness (QED) is 0.465. The fraction of sp³-hybridized carbons (Fsp3) is 0.300. The zero-order chi connectivity index (χ0) is 18.1. The van der Waals surface area contributed by atoms with E-state index in [1.54, 1.807) is 0 Å². The van der Waals surface area contributed by atoms with Gasteiger partial charge in [0.25, 0.3) is 5.91 Å². The molecule has 1 aromatic rings. The van der Waals surface area contributed by atoms with Gasteiger partial charge in [0, 0.05) is 0 Å². The van der Waals surface area contributed by atoms with Gasteiger partial charge < -0.3 is 4.18 Å². The average Bonchev–Trinajstić information content (AvgIpc) is 2.35. The van der Waals surface area contributed by atoms with Crippen LogP contribution in [0.3, 0.4) is 0 Å². The Morgan fingerprint density at radius 3 is 2.00 bits per heavy atom. The monoisotopic (exact) mass is 379 g/mol. The summed E-state index contributed by atoms with van der Waals surface area (Å²) in [7, 11) is -9.87. The summed E-state index contributed by atoms with van der Waals surface area (Å²) in [4.78, 5) is 11.3. The molecule has 0 aromatic heterocycles. The minimum Gasteiger partial charge on any atom is -0.376 e. The Morgan fingerprint density at radius 1 is 1.13 bits per heavy atom. The second-order valence-corrected chi connectivity index (χ2v) is 7.44. The van der Waals surface area contributed by atoms with Crippen LogP contribution in [0.1, 0.15) is 11.7 Å². The van der Waals surface area contributed by atoms with Crippen molar-refractivity contribution >= 4 is 26.0 Å². The van der Waals surface area contributed by atoms with Crippen LogP contribution in [0.4, 0.5) is 17.6 Å². The Hall–Kier alpha value is -1.89. The lowest BCUT2D eigenvalue weighted by Gasteiger charge is -2.11. The minimum absolute atomic E-state index is 0.414. The van der Waals surface area contributed by atoms with E-state index in [0.717, 1.165) is 12.1 Å². The van der Waals surface area contributed by atoms with Gasteiger partial charge in [0.2, 0.25) is 16.2 Å². The van der Waals surface area contributed by atoms with Crippen molar-refractivity contribution in [2.45, 2.75) is 11.7 Å². The van der Waals surface area contributed by atoms with Gasteiger partial charge in [-0.15, -0.1) is 0 Å². The summed E-state index contributed by atoms with van der Waals surface area (Å²) in [5.74, 6) is -2.27. The zero-order valence-corrected chi connectivity index (χ0v) is 12.8. The van der Waals surface area contributed by atoms with Crippen molar-refractivity contribution in [1.82, 2.24) is 4.72 Å². The number of hydrogen-bond acceptors (Lipinski definition) is 6. The first kappa shape index (κ1) is 19.2. The average molecular weight is 379 g/mol. The Bertz CT molecular complexity index is 786. The van der Waals surface area contributed by atoms with E-state index in [4.69, 9.17) is 0 Å². The van der Waals surface area contributed by atoms with Crippen molar-refractivity contribution in [3.63, 3.8) is 0 Å². The topological polar surface area (TPSA) is 107 Å². The molecular weight excluding hydrogens is 370 g/mol. The number of rotatable bonds is 5. The molecule has 0 aliphatic heterocycles. The third kappa shape index (κ3) is 5.35. The Balaban J connectivity index is 2.91. The summed E-state index contributed by atoms with van der Waals surface area (Å²) in [6, 6.07) is 2.90. The molecule has 1 aromatic carbocycles. The smallest absolute Gasteiger partial charge is 0.376 e. The maximum atomic E-state index is 13.7. The Kier molecular flexibility index (Phi) is 5.26. The summed E-state index contributed by atoms with van der Waals surface area (Å²) in [6.07, 6.45) is -1.81. The van der Waals surface area contributed by atoms with E-state index in [1.165, 1.54) is 4.72 Å². The van der Waals surface area contributed by atoms with E-state index in [1.807, 2.05) is 0 Å². The summed E-state index contributed by atoms with van der Waals surface area (Å²) in [5.41, 5.74) is -6.05. The number of halogens is 4. The van der Waals surface area contributed by atoms with Gasteiger partial charge in [-0.25, -0.2) is 12.8 Å². The molecule has 23 heavy (non-hydrogen) atoms. The van der Waals surface area contributed by atoms with Crippen LogP contribution >= 0.6 is 0 Å². The van der Waals surface area contributed by atoms with Crippen LogP contribution in [0.2, 0.25) is 0 Å². The fourth-order valence-electron chi connectivity index (χ4n) is 1.25. The summed E-state index contributed by atoms with van der Waals surface area (Å²) in [5, 5.41) is 0. The largest absolute Gasteiger partial charge is 0.534 e. The van der Waals surface area contributed by atoms with Gasteiger partial charge in [0.15, 0.2) is 0 Å². The summed E-state index contributed by atoms with van der Waals surface area (Å²) < 4.78 is 98.3. The molecule has 1 rings (SSSR count). The highest BCUT2D eigenvalue weighted by Gasteiger charge is 2.48. The first-order valence-corrected chi connectivity index (χ1v) is 8.79. The lowest BCUT2D eigenvalue weighted by molar-refractivity contribution is -0.124. The van der Waals surface area contributed by atoms with E-state index in [-0.39, 0.29) is 0 Å². The molecule has 0 fully saturated rings. The van der Waals surface area contributed by atoms with Crippen molar-refractivity contribution in [3.8, 4) is 5.75 Å². The van der Waals surface area contributed by atoms with Gasteiger partial charge in [0.05, 0.1) is 6.26 Å². The third-order valence-electron chi connectivity index (χ3n) is 2.18. The van der Waals surface area contributed by atoms with E-state index < -0.39 is 49.0 Å². The second kappa shape index (κ2) is 6.31. The van der Waals surface area contributed by atoms with E-state index in [9.17, 15) is 39.2 Å². The molecule has 1 amide bonds. The third-order valence-corrected chi connectivity index (χ3v) is 3.73. The maximum Gasteiger partial charge on any atom is 0.534 e. The number of carbonyl (C=O) groups is 1. The molecule has 1 N–H and O–H groups in total. The predicted molar refractivity (Wildman–Crippen MR) is 68.9 cm³/mol. The number of hydrogen-bond donors (Lipinski definition) is 1. The number of sulfonamides is 1. The van der Waals surface area contributed by atoms with Crippen LogP contribution in [0.5, 0.6) is 5.75 Å². The van der Waals surface area contributed by atoms with Gasteiger partial charge in [-0.2, -0.15) is 21.6 Å².